The molecule has 1 amide bonds. The number of nitrogens with one attached hydrogen (secondary N) is 1. The van der Waals surface area contributed by atoms with E-state index < -0.39 is 18.2 Å². The van der Waals surface area contributed by atoms with E-state index in [2.05, 4.69) is 74.7 Å². The topological polar surface area (TPSA) is 95.9 Å². The van der Waals surface area contributed by atoms with Gasteiger partial charge in [0.1, 0.15) is 6.10 Å². The van der Waals surface area contributed by atoms with Gasteiger partial charge in [0.2, 0.25) is 5.91 Å². The molecule has 0 spiro atoms. The van der Waals surface area contributed by atoms with Crippen molar-refractivity contribution in [2.24, 2.45) is 0 Å². The zero-order chi connectivity index (χ0) is 43.1. The molecule has 0 saturated heterocycles. The molecule has 0 saturated carbocycles. The lowest BCUT2D eigenvalue weighted by atomic mass is 10.0. The molecular weight excluding hydrogens is 731 g/mol. The Morgan fingerprint density at radius 1 is 0.492 bits per heavy atom. The molecule has 6 heteroatoms. The number of unbranched alkanes of at least 4 members (excludes halogenated alkanes) is 25. The van der Waals surface area contributed by atoms with Crippen molar-refractivity contribution in [3.05, 3.63) is 48.6 Å². The van der Waals surface area contributed by atoms with Crippen LogP contribution in [0.25, 0.3) is 0 Å². The summed E-state index contributed by atoms with van der Waals surface area (Å²) in [5.41, 5.74) is 0. The van der Waals surface area contributed by atoms with Crippen LogP contribution in [-0.2, 0) is 14.3 Å². The van der Waals surface area contributed by atoms with E-state index in [1.807, 2.05) is 0 Å². The fraction of sp³-hybridized carbons (Fsp3) is 0.811. The Bertz CT molecular complexity index is 1020. The van der Waals surface area contributed by atoms with Crippen molar-refractivity contribution >= 4 is 11.9 Å². The highest BCUT2D eigenvalue weighted by Gasteiger charge is 2.24. The van der Waals surface area contributed by atoms with Crippen LogP contribution in [0.5, 0.6) is 0 Å². The summed E-state index contributed by atoms with van der Waals surface area (Å²) in [6, 6.07) is -0.709. The number of ether oxygens (including phenoxy) is 1. The van der Waals surface area contributed by atoms with Crippen molar-refractivity contribution < 1.29 is 24.5 Å². The zero-order valence-corrected chi connectivity index (χ0v) is 39.1. The van der Waals surface area contributed by atoms with Gasteiger partial charge in [0.05, 0.1) is 25.2 Å². The van der Waals surface area contributed by atoms with Gasteiger partial charge in [-0.3, -0.25) is 9.59 Å². The zero-order valence-electron chi connectivity index (χ0n) is 39.1. The first-order valence-corrected chi connectivity index (χ1v) is 25.4. The minimum absolute atomic E-state index is 0.0575. The molecule has 0 radical (unpaired) electrons. The quantitative estimate of drug-likeness (QED) is 0.0323. The molecule has 3 atom stereocenters. The smallest absolute Gasteiger partial charge is 0.306 e. The molecule has 6 nitrogen and oxygen atoms in total. The van der Waals surface area contributed by atoms with Crippen LogP contribution < -0.4 is 5.32 Å². The number of hydrogen-bond acceptors (Lipinski definition) is 5. The highest BCUT2D eigenvalue weighted by atomic mass is 16.5. The van der Waals surface area contributed by atoms with E-state index in [4.69, 9.17) is 4.74 Å². The van der Waals surface area contributed by atoms with Gasteiger partial charge in [0, 0.05) is 6.42 Å². The number of esters is 1. The van der Waals surface area contributed by atoms with E-state index >= 15 is 0 Å². The summed E-state index contributed by atoms with van der Waals surface area (Å²) in [4.78, 5) is 26.0. The summed E-state index contributed by atoms with van der Waals surface area (Å²) in [7, 11) is 0. The number of aliphatic hydroxyl groups excluding tert-OH is 2. The second kappa shape index (κ2) is 46.9. The molecule has 344 valence electrons. The minimum atomic E-state index is -0.794. The average Bonchev–Trinajstić information content (AvgIpc) is 3.23. The largest absolute Gasteiger partial charge is 0.462 e. The lowest BCUT2D eigenvalue weighted by Gasteiger charge is -2.24. The molecular formula is C53H97NO5. The maximum absolute atomic E-state index is 13.2. The van der Waals surface area contributed by atoms with Crippen molar-refractivity contribution in [1.82, 2.24) is 5.32 Å². The molecule has 0 aromatic heterocycles. The van der Waals surface area contributed by atoms with Gasteiger partial charge in [0.25, 0.3) is 0 Å². The summed E-state index contributed by atoms with van der Waals surface area (Å²) in [5.74, 6) is -0.514. The number of carbonyl (C=O) groups excluding carboxylic acids is 2. The van der Waals surface area contributed by atoms with Crippen LogP contribution >= 0.6 is 0 Å². The molecule has 0 bridgehead atoms. The van der Waals surface area contributed by atoms with E-state index in [1.54, 1.807) is 0 Å². The number of hydrogen-bond donors (Lipinski definition) is 3. The van der Waals surface area contributed by atoms with Crippen molar-refractivity contribution in [3.63, 3.8) is 0 Å². The van der Waals surface area contributed by atoms with Crippen molar-refractivity contribution in [2.75, 3.05) is 6.61 Å². The number of amides is 1. The van der Waals surface area contributed by atoms with Gasteiger partial charge < -0.3 is 20.3 Å². The molecule has 0 heterocycles. The Morgan fingerprint density at radius 3 is 1.42 bits per heavy atom. The van der Waals surface area contributed by atoms with Crippen LogP contribution in [-0.4, -0.2) is 46.9 Å². The summed E-state index contributed by atoms with van der Waals surface area (Å²) in [6.07, 6.45) is 56.0. The van der Waals surface area contributed by atoms with E-state index in [9.17, 15) is 19.8 Å². The molecule has 0 aliphatic heterocycles. The van der Waals surface area contributed by atoms with Gasteiger partial charge in [-0.05, 0) is 83.5 Å². The number of carbonyl (C=O) groups is 2. The molecule has 0 fully saturated rings. The van der Waals surface area contributed by atoms with Crippen LogP contribution in [0.2, 0.25) is 0 Å². The maximum Gasteiger partial charge on any atom is 0.306 e. The third kappa shape index (κ3) is 42.3. The fourth-order valence-electron chi connectivity index (χ4n) is 7.48. The Kier molecular flexibility index (Phi) is 45.1. The number of aliphatic hydroxyl groups is 2. The molecule has 0 aromatic rings. The summed E-state index contributed by atoms with van der Waals surface area (Å²) in [5, 5.41) is 23.7. The molecule has 3 unspecified atom stereocenters. The van der Waals surface area contributed by atoms with Gasteiger partial charge in [-0.25, -0.2) is 0 Å². The number of rotatable bonds is 45. The van der Waals surface area contributed by atoms with Crippen LogP contribution in [0.15, 0.2) is 48.6 Å². The normalized spacial score (nSPS) is 13.6. The Hall–Kier alpha value is -2.18. The Labute approximate surface area is 366 Å². The third-order valence-corrected chi connectivity index (χ3v) is 11.4. The van der Waals surface area contributed by atoms with Gasteiger partial charge >= 0.3 is 5.97 Å². The molecule has 3 N–H and O–H groups in total. The number of allylic oxidation sites excluding steroid dienone is 8. The molecule has 0 aliphatic rings. The SMILES string of the molecule is CCCC/C=C\CCCCCC(CC(=O)NC(CO)C(O)CCCCCCCCCCCCCCCC)OC(=O)CCCCCC/C=C\C/C=C\C/C=C\CCCCC. The first kappa shape index (κ1) is 56.8. The van der Waals surface area contributed by atoms with Crippen LogP contribution in [0, 0.1) is 0 Å². The molecule has 59 heavy (non-hydrogen) atoms. The predicted molar refractivity (Wildman–Crippen MR) is 255 cm³/mol. The maximum atomic E-state index is 13.2. The van der Waals surface area contributed by atoms with Gasteiger partial charge in [0.15, 0.2) is 0 Å². The van der Waals surface area contributed by atoms with Crippen molar-refractivity contribution in [1.29, 1.82) is 0 Å². The lowest BCUT2D eigenvalue weighted by molar-refractivity contribution is -0.151. The third-order valence-electron chi connectivity index (χ3n) is 11.4. The molecule has 0 aliphatic carbocycles. The van der Waals surface area contributed by atoms with E-state index in [1.165, 1.54) is 109 Å². The fourth-order valence-corrected chi connectivity index (χ4v) is 7.48. The lowest BCUT2D eigenvalue weighted by Crippen LogP contribution is -2.46. The van der Waals surface area contributed by atoms with Crippen LogP contribution in [0.1, 0.15) is 252 Å². The highest BCUT2D eigenvalue weighted by molar-refractivity contribution is 5.77. The Morgan fingerprint density at radius 2 is 0.881 bits per heavy atom. The van der Waals surface area contributed by atoms with E-state index in [0.717, 1.165) is 96.3 Å². The summed E-state index contributed by atoms with van der Waals surface area (Å²) in [6.45, 7) is 6.40. The molecule has 0 rings (SSSR count). The summed E-state index contributed by atoms with van der Waals surface area (Å²) < 4.78 is 5.89. The highest BCUT2D eigenvalue weighted by Crippen LogP contribution is 2.17. The van der Waals surface area contributed by atoms with E-state index in [-0.39, 0.29) is 24.9 Å². The van der Waals surface area contributed by atoms with Gasteiger partial charge in [-0.15, -0.1) is 0 Å². The average molecular weight is 828 g/mol. The second-order valence-electron chi connectivity index (χ2n) is 17.2. The van der Waals surface area contributed by atoms with Gasteiger partial charge in [-0.1, -0.05) is 204 Å². The monoisotopic (exact) mass is 828 g/mol. The Balaban J connectivity index is 4.51. The summed E-state index contributed by atoms with van der Waals surface area (Å²) >= 11 is 0. The van der Waals surface area contributed by atoms with Crippen LogP contribution in [0.3, 0.4) is 0 Å². The van der Waals surface area contributed by atoms with E-state index in [0.29, 0.717) is 19.3 Å². The van der Waals surface area contributed by atoms with Crippen LogP contribution in [0.4, 0.5) is 0 Å². The standard InChI is InChI=1S/C53H97NO5/c1-4-7-10-13-16-19-21-23-25-26-27-29-31-34-37-40-43-46-53(58)59-49(44-41-38-35-32-18-15-12-9-6-3)47-52(57)54-50(48-55)51(56)45-42-39-36-33-30-28-24-22-20-17-14-11-8-5-2/h15-16,18-19,23,25,27,29,49-51,55-56H,4-14,17,20-22,24,26,28,30-48H2,1-3H3,(H,54,57)/b18-15-,19-16-,25-23-,29-27-. The van der Waals surface area contributed by atoms with Crippen molar-refractivity contribution in [3.8, 4) is 0 Å². The molecule has 0 aromatic carbocycles. The first-order chi connectivity index (χ1) is 29.0. The predicted octanol–water partition coefficient (Wildman–Crippen LogP) is 15.1. The first-order valence-electron chi connectivity index (χ1n) is 25.4. The second-order valence-corrected chi connectivity index (χ2v) is 17.2. The minimum Gasteiger partial charge on any atom is -0.462 e. The van der Waals surface area contributed by atoms with Gasteiger partial charge in [-0.2, -0.15) is 0 Å². The van der Waals surface area contributed by atoms with Crippen molar-refractivity contribution in [2.45, 2.75) is 270 Å².